The van der Waals surface area contributed by atoms with Crippen molar-refractivity contribution in [1.29, 1.82) is 0 Å². The van der Waals surface area contributed by atoms with Gasteiger partial charge in [0.05, 0.1) is 6.04 Å². The monoisotopic (exact) mass is 274 g/mol. The summed E-state index contributed by atoms with van der Waals surface area (Å²) in [6.45, 7) is 5.32. The highest BCUT2D eigenvalue weighted by atomic mass is 32.1. The summed E-state index contributed by atoms with van der Waals surface area (Å²) in [7, 11) is 0. The Kier molecular flexibility index (Phi) is 5.55. The zero-order valence-corrected chi connectivity index (χ0v) is 12.5. The Hall–Kier alpha value is -1.19. The van der Waals surface area contributed by atoms with Crippen molar-refractivity contribution in [3.05, 3.63) is 52.0 Å². The third kappa shape index (κ3) is 4.44. The summed E-state index contributed by atoms with van der Waals surface area (Å²) >= 11 is 1.77. The predicted octanol–water partition coefficient (Wildman–Crippen LogP) is 4.13. The van der Waals surface area contributed by atoms with Gasteiger partial charge in [0.2, 0.25) is 0 Å². The maximum atomic E-state index is 4.63. The first-order valence-electron chi connectivity index (χ1n) is 6.99. The van der Waals surface area contributed by atoms with E-state index >= 15 is 0 Å². The van der Waals surface area contributed by atoms with Crippen LogP contribution in [0.4, 0.5) is 0 Å². The molecule has 2 nitrogen and oxygen atoms in total. The molecule has 1 heterocycles. The van der Waals surface area contributed by atoms with Crippen LogP contribution in [0.25, 0.3) is 0 Å². The molecule has 0 fully saturated rings. The molecule has 1 N–H and O–H groups in total. The molecule has 2 rings (SSSR count). The van der Waals surface area contributed by atoms with Crippen molar-refractivity contribution in [2.24, 2.45) is 0 Å². The van der Waals surface area contributed by atoms with E-state index in [0.717, 1.165) is 31.5 Å². The topological polar surface area (TPSA) is 24.9 Å². The smallest absolute Gasteiger partial charge is 0.110 e. The van der Waals surface area contributed by atoms with E-state index in [1.165, 1.54) is 10.6 Å². The van der Waals surface area contributed by atoms with E-state index in [1.807, 2.05) is 0 Å². The van der Waals surface area contributed by atoms with Gasteiger partial charge in [-0.2, -0.15) is 0 Å². The van der Waals surface area contributed by atoms with Crippen LogP contribution in [-0.4, -0.2) is 11.5 Å². The molecule has 0 spiro atoms. The van der Waals surface area contributed by atoms with Crippen LogP contribution in [0.3, 0.4) is 0 Å². The molecule has 0 aliphatic heterocycles. The van der Waals surface area contributed by atoms with Crippen molar-refractivity contribution in [3.63, 3.8) is 0 Å². The first-order chi connectivity index (χ1) is 9.29. The van der Waals surface area contributed by atoms with Crippen molar-refractivity contribution in [3.8, 4) is 0 Å². The summed E-state index contributed by atoms with van der Waals surface area (Å²) in [5, 5.41) is 6.98. The summed E-state index contributed by atoms with van der Waals surface area (Å²) in [5.74, 6) is 0. The lowest BCUT2D eigenvalue weighted by Crippen LogP contribution is -2.22. The predicted molar refractivity (Wildman–Crippen MR) is 82.6 cm³/mol. The normalized spacial score (nSPS) is 12.5. The van der Waals surface area contributed by atoms with Gasteiger partial charge < -0.3 is 5.32 Å². The lowest BCUT2D eigenvalue weighted by molar-refractivity contribution is 0.497. The second kappa shape index (κ2) is 7.41. The lowest BCUT2D eigenvalue weighted by atomic mass is 10.1. The highest BCUT2D eigenvalue weighted by Gasteiger charge is 2.14. The Balaban J connectivity index is 1.98. The molecule has 1 atom stereocenters. The third-order valence-electron chi connectivity index (χ3n) is 3.14. The fourth-order valence-corrected chi connectivity index (χ4v) is 3.03. The van der Waals surface area contributed by atoms with Crippen LogP contribution in [-0.2, 0) is 6.42 Å². The summed E-state index contributed by atoms with van der Waals surface area (Å²) < 4.78 is 0. The molecular weight excluding hydrogens is 252 g/mol. The van der Waals surface area contributed by atoms with Crippen LogP contribution >= 0.6 is 11.3 Å². The molecule has 102 valence electrons. The number of aromatic nitrogens is 1. The van der Waals surface area contributed by atoms with Crippen LogP contribution in [0.5, 0.6) is 0 Å². The van der Waals surface area contributed by atoms with Crippen molar-refractivity contribution in [2.45, 2.75) is 39.2 Å². The second-order valence-corrected chi connectivity index (χ2v) is 5.75. The van der Waals surface area contributed by atoms with Gasteiger partial charge in [0.1, 0.15) is 5.01 Å². The molecule has 1 unspecified atom stereocenters. The quantitative estimate of drug-likeness (QED) is 0.821. The molecule has 0 aliphatic rings. The standard InChI is InChI=1S/C16H22N2S/c1-3-11-17-15(16-18-13(2)12-19-16)10-9-14-7-5-4-6-8-14/h4-8,12,15,17H,3,9-11H2,1-2H3. The Morgan fingerprint density at radius 3 is 2.68 bits per heavy atom. The van der Waals surface area contributed by atoms with E-state index in [9.17, 15) is 0 Å². The SMILES string of the molecule is CCCNC(CCc1ccccc1)c1nc(C)cs1. The number of nitrogens with zero attached hydrogens (tertiary/aromatic N) is 1. The molecule has 0 saturated carbocycles. The fourth-order valence-electron chi connectivity index (χ4n) is 2.12. The van der Waals surface area contributed by atoms with Crippen LogP contribution in [0.15, 0.2) is 35.7 Å². The number of hydrogen-bond donors (Lipinski definition) is 1. The van der Waals surface area contributed by atoms with E-state index in [1.54, 1.807) is 11.3 Å². The Morgan fingerprint density at radius 2 is 2.05 bits per heavy atom. The van der Waals surface area contributed by atoms with Gasteiger partial charge in [-0.05, 0) is 38.3 Å². The minimum Gasteiger partial charge on any atom is -0.308 e. The number of benzene rings is 1. The average molecular weight is 274 g/mol. The third-order valence-corrected chi connectivity index (χ3v) is 4.22. The Bertz CT molecular complexity index is 479. The van der Waals surface area contributed by atoms with Crippen molar-refractivity contribution in [1.82, 2.24) is 10.3 Å². The first kappa shape index (κ1) is 14.2. The lowest BCUT2D eigenvalue weighted by Gasteiger charge is -2.16. The van der Waals surface area contributed by atoms with Gasteiger partial charge in [-0.15, -0.1) is 11.3 Å². The van der Waals surface area contributed by atoms with E-state index in [-0.39, 0.29) is 0 Å². The van der Waals surface area contributed by atoms with Crippen LogP contribution < -0.4 is 5.32 Å². The molecule has 0 amide bonds. The van der Waals surface area contributed by atoms with Gasteiger partial charge in [0, 0.05) is 11.1 Å². The number of aryl methyl sites for hydroxylation is 2. The zero-order valence-electron chi connectivity index (χ0n) is 11.7. The number of rotatable bonds is 7. The van der Waals surface area contributed by atoms with Crippen molar-refractivity contribution >= 4 is 11.3 Å². The average Bonchev–Trinajstić information content (AvgIpc) is 2.86. The molecule has 2 aromatic rings. The largest absolute Gasteiger partial charge is 0.308 e. The summed E-state index contributed by atoms with van der Waals surface area (Å²) in [4.78, 5) is 4.63. The van der Waals surface area contributed by atoms with E-state index in [4.69, 9.17) is 0 Å². The van der Waals surface area contributed by atoms with Gasteiger partial charge in [-0.1, -0.05) is 37.3 Å². The first-order valence-corrected chi connectivity index (χ1v) is 7.87. The maximum Gasteiger partial charge on any atom is 0.110 e. The molecule has 3 heteroatoms. The van der Waals surface area contributed by atoms with Crippen LogP contribution in [0, 0.1) is 6.92 Å². The van der Waals surface area contributed by atoms with Gasteiger partial charge in [0.25, 0.3) is 0 Å². The fraction of sp³-hybridized carbons (Fsp3) is 0.438. The van der Waals surface area contributed by atoms with Gasteiger partial charge in [-0.3, -0.25) is 0 Å². The minimum absolute atomic E-state index is 0.388. The maximum absolute atomic E-state index is 4.63. The highest BCUT2D eigenvalue weighted by molar-refractivity contribution is 7.09. The van der Waals surface area contributed by atoms with E-state index < -0.39 is 0 Å². The molecule has 1 aromatic heterocycles. The molecular formula is C16H22N2S. The van der Waals surface area contributed by atoms with E-state index in [0.29, 0.717) is 6.04 Å². The molecule has 1 aromatic carbocycles. The van der Waals surface area contributed by atoms with E-state index in [2.05, 4.69) is 59.9 Å². The molecule has 0 radical (unpaired) electrons. The molecule has 19 heavy (non-hydrogen) atoms. The number of thiazole rings is 1. The Labute approximate surface area is 119 Å². The minimum atomic E-state index is 0.388. The number of hydrogen-bond acceptors (Lipinski definition) is 3. The van der Waals surface area contributed by atoms with Gasteiger partial charge in [-0.25, -0.2) is 4.98 Å². The van der Waals surface area contributed by atoms with Crippen molar-refractivity contribution < 1.29 is 0 Å². The zero-order chi connectivity index (χ0) is 13.5. The Morgan fingerprint density at radius 1 is 1.26 bits per heavy atom. The molecule has 0 aliphatic carbocycles. The van der Waals surface area contributed by atoms with Crippen LogP contribution in [0.1, 0.15) is 42.1 Å². The summed E-state index contributed by atoms with van der Waals surface area (Å²) in [6, 6.07) is 11.1. The second-order valence-electron chi connectivity index (χ2n) is 4.86. The molecule has 0 saturated heterocycles. The van der Waals surface area contributed by atoms with Gasteiger partial charge >= 0.3 is 0 Å². The molecule has 0 bridgehead atoms. The summed E-state index contributed by atoms with van der Waals surface area (Å²) in [6.07, 6.45) is 3.37. The van der Waals surface area contributed by atoms with Gasteiger partial charge in [0.15, 0.2) is 0 Å². The van der Waals surface area contributed by atoms with Crippen LogP contribution in [0.2, 0.25) is 0 Å². The summed E-state index contributed by atoms with van der Waals surface area (Å²) in [5.41, 5.74) is 2.53. The highest BCUT2D eigenvalue weighted by Crippen LogP contribution is 2.22. The van der Waals surface area contributed by atoms with Crippen molar-refractivity contribution in [2.75, 3.05) is 6.54 Å². The number of nitrogens with one attached hydrogen (secondary N) is 1.